The van der Waals surface area contributed by atoms with Crippen LogP contribution in [-0.4, -0.2) is 49.4 Å². The predicted octanol–water partition coefficient (Wildman–Crippen LogP) is 2.06. The number of carbonyl (C=O) groups excluding carboxylic acids is 1. The lowest BCUT2D eigenvalue weighted by molar-refractivity contribution is 0.101. The molecule has 0 atom stereocenters. The van der Waals surface area contributed by atoms with Crippen molar-refractivity contribution in [3.63, 3.8) is 0 Å². The highest BCUT2D eigenvalue weighted by molar-refractivity contribution is 5.93. The van der Waals surface area contributed by atoms with Crippen LogP contribution in [0.3, 0.4) is 0 Å². The molecule has 4 nitrogen and oxygen atoms in total. The van der Waals surface area contributed by atoms with E-state index >= 15 is 0 Å². The monoisotopic (exact) mass is 261 g/mol. The van der Waals surface area contributed by atoms with Gasteiger partial charge in [-0.3, -0.25) is 4.79 Å². The highest BCUT2D eigenvalue weighted by Crippen LogP contribution is 2.19. The zero-order chi connectivity index (χ0) is 13.8. The first-order chi connectivity index (χ1) is 9.06. The number of anilines is 1. The van der Waals surface area contributed by atoms with Gasteiger partial charge in [0.15, 0.2) is 5.78 Å². The maximum atomic E-state index is 11.2. The van der Waals surface area contributed by atoms with Crippen LogP contribution in [0.2, 0.25) is 0 Å². The Bertz CT molecular complexity index is 422. The zero-order valence-corrected chi connectivity index (χ0v) is 12.1. The molecular weight excluding hydrogens is 238 g/mol. The summed E-state index contributed by atoms with van der Waals surface area (Å²) in [5.41, 5.74) is 0.677. The van der Waals surface area contributed by atoms with E-state index in [-0.39, 0.29) is 5.78 Å². The molecule has 0 unspecified atom stereocenters. The quantitative estimate of drug-likeness (QED) is 0.777. The summed E-state index contributed by atoms with van der Waals surface area (Å²) in [6, 6.07) is 3.79. The summed E-state index contributed by atoms with van der Waals surface area (Å²) < 4.78 is 0. The Kier molecular flexibility index (Phi) is 4.53. The number of Topliss-reactive ketones (excluding diaryl/α,β-unsaturated/α-hetero) is 1. The van der Waals surface area contributed by atoms with Crippen LogP contribution in [0.15, 0.2) is 18.3 Å². The molecule has 0 aromatic carbocycles. The molecule has 1 aromatic rings. The molecule has 2 rings (SSSR count). The van der Waals surface area contributed by atoms with Gasteiger partial charge in [-0.2, -0.15) is 0 Å². The van der Waals surface area contributed by atoms with Gasteiger partial charge in [-0.05, 0) is 58.0 Å². The minimum absolute atomic E-state index is 0.0667. The third-order valence-electron chi connectivity index (χ3n) is 3.92. The van der Waals surface area contributed by atoms with E-state index in [9.17, 15) is 4.79 Å². The van der Waals surface area contributed by atoms with Gasteiger partial charge in [-0.1, -0.05) is 0 Å². The molecule has 2 heterocycles. The van der Waals surface area contributed by atoms with Gasteiger partial charge < -0.3 is 9.80 Å². The van der Waals surface area contributed by atoms with Crippen molar-refractivity contribution in [2.75, 3.05) is 38.6 Å². The largest absolute Gasteiger partial charge is 0.359 e. The van der Waals surface area contributed by atoms with Crippen molar-refractivity contribution >= 4 is 11.6 Å². The van der Waals surface area contributed by atoms with Gasteiger partial charge in [-0.25, -0.2) is 4.98 Å². The molecule has 0 aliphatic carbocycles. The molecule has 1 aromatic heterocycles. The second-order valence-corrected chi connectivity index (χ2v) is 5.59. The number of rotatable bonds is 4. The topological polar surface area (TPSA) is 36.4 Å². The van der Waals surface area contributed by atoms with Gasteiger partial charge in [0.05, 0.1) is 0 Å². The molecule has 19 heavy (non-hydrogen) atoms. The van der Waals surface area contributed by atoms with Crippen LogP contribution in [0.25, 0.3) is 0 Å². The van der Waals surface area contributed by atoms with Crippen molar-refractivity contribution in [3.8, 4) is 0 Å². The second kappa shape index (κ2) is 6.15. The number of hydrogen-bond donors (Lipinski definition) is 0. The predicted molar refractivity (Wildman–Crippen MR) is 77.7 cm³/mol. The summed E-state index contributed by atoms with van der Waals surface area (Å²) in [5.74, 6) is 1.76. The van der Waals surface area contributed by atoms with Crippen molar-refractivity contribution in [2.24, 2.45) is 5.92 Å². The second-order valence-electron chi connectivity index (χ2n) is 5.59. The number of pyridine rings is 1. The van der Waals surface area contributed by atoms with Gasteiger partial charge in [0.2, 0.25) is 0 Å². The van der Waals surface area contributed by atoms with E-state index in [0.29, 0.717) is 5.56 Å². The summed E-state index contributed by atoms with van der Waals surface area (Å²) in [5, 5.41) is 0. The van der Waals surface area contributed by atoms with Crippen molar-refractivity contribution < 1.29 is 4.79 Å². The SMILES string of the molecule is CC(=O)c1ccc(N(C)CC2CCN(C)CC2)nc1. The fraction of sp³-hybridized carbons (Fsp3) is 0.600. The molecule has 0 radical (unpaired) electrons. The Morgan fingerprint density at radius 2 is 2.11 bits per heavy atom. The first-order valence-electron chi connectivity index (χ1n) is 6.93. The number of carbonyl (C=O) groups is 1. The number of hydrogen-bond acceptors (Lipinski definition) is 4. The average Bonchev–Trinajstić information content (AvgIpc) is 2.41. The number of piperidine rings is 1. The molecule has 0 amide bonds. The van der Waals surface area contributed by atoms with Crippen LogP contribution in [0, 0.1) is 5.92 Å². The summed E-state index contributed by atoms with van der Waals surface area (Å²) in [6.07, 6.45) is 4.18. The minimum atomic E-state index is 0.0667. The Morgan fingerprint density at radius 3 is 2.63 bits per heavy atom. The van der Waals surface area contributed by atoms with Crippen molar-refractivity contribution in [1.29, 1.82) is 0 Å². The Morgan fingerprint density at radius 1 is 1.42 bits per heavy atom. The number of aromatic nitrogens is 1. The molecule has 1 saturated heterocycles. The number of ketones is 1. The molecule has 1 aliphatic rings. The van der Waals surface area contributed by atoms with Crippen molar-refractivity contribution in [1.82, 2.24) is 9.88 Å². The average molecular weight is 261 g/mol. The minimum Gasteiger partial charge on any atom is -0.359 e. The smallest absolute Gasteiger partial charge is 0.161 e. The van der Waals surface area contributed by atoms with Gasteiger partial charge in [0.25, 0.3) is 0 Å². The lowest BCUT2D eigenvalue weighted by Crippen LogP contribution is -2.35. The highest BCUT2D eigenvalue weighted by Gasteiger charge is 2.18. The Labute approximate surface area is 115 Å². The highest BCUT2D eigenvalue weighted by atomic mass is 16.1. The van der Waals surface area contributed by atoms with Crippen LogP contribution in [0.4, 0.5) is 5.82 Å². The third-order valence-corrected chi connectivity index (χ3v) is 3.92. The number of nitrogens with zero attached hydrogens (tertiary/aromatic N) is 3. The molecule has 1 fully saturated rings. The van der Waals surface area contributed by atoms with E-state index in [1.165, 1.54) is 25.9 Å². The van der Waals surface area contributed by atoms with Gasteiger partial charge in [0.1, 0.15) is 5.82 Å². The van der Waals surface area contributed by atoms with Crippen LogP contribution < -0.4 is 4.90 Å². The maximum Gasteiger partial charge on any atom is 0.161 e. The molecule has 0 N–H and O–H groups in total. The summed E-state index contributed by atoms with van der Waals surface area (Å²) >= 11 is 0. The van der Waals surface area contributed by atoms with E-state index < -0.39 is 0 Å². The Hall–Kier alpha value is -1.42. The fourth-order valence-electron chi connectivity index (χ4n) is 2.55. The van der Waals surface area contributed by atoms with Gasteiger partial charge in [-0.15, -0.1) is 0 Å². The summed E-state index contributed by atoms with van der Waals surface area (Å²) in [4.78, 5) is 20.2. The van der Waals surface area contributed by atoms with Crippen molar-refractivity contribution in [3.05, 3.63) is 23.9 Å². The Balaban J connectivity index is 1.92. The standard InChI is InChI=1S/C15H23N3O/c1-12(19)14-4-5-15(16-10-14)18(3)11-13-6-8-17(2)9-7-13/h4-5,10,13H,6-9,11H2,1-3H3. The zero-order valence-electron chi connectivity index (χ0n) is 12.1. The van der Waals surface area contributed by atoms with E-state index in [0.717, 1.165) is 18.3 Å². The van der Waals surface area contributed by atoms with Crippen LogP contribution in [0.5, 0.6) is 0 Å². The molecule has 0 saturated carbocycles. The van der Waals surface area contributed by atoms with Gasteiger partial charge in [0, 0.05) is 25.4 Å². The van der Waals surface area contributed by atoms with E-state index in [1.54, 1.807) is 13.1 Å². The molecule has 104 valence electrons. The van der Waals surface area contributed by atoms with E-state index in [4.69, 9.17) is 0 Å². The molecule has 0 bridgehead atoms. The molecule has 0 spiro atoms. The normalized spacial score (nSPS) is 17.4. The summed E-state index contributed by atoms with van der Waals surface area (Å²) in [6.45, 7) is 4.99. The molecular formula is C15H23N3O. The van der Waals surface area contributed by atoms with Gasteiger partial charge >= 0.3 is 0 Å². The lowest BCUT2D eigenvalue weighted by atomic mass is 9.97. The lowest BCUT2D eigenvalue weighted by Gasteiger charge is -2.32. The van der Waals surface area contributed by atoms with Crippen LogP contribution in [-0.2, 0) is 0 Å². The number of likely N-dealkylation sites (tertiary alicyclic amines) is 1. The fourth-order valence-corrected chi connectivity index (χ4v) is 2.55. The van der Waals surface area contributed by atoms with Crippen LogP contribution in [0.1, 0.15) is 30.1 Å². The molecule has 4 heteroatoms. The van der Waals surface area contributed by atoms with Crippen LogP contribution >= 0.6 is 0 Å². The third kappa shape index (κ3) is 3.77. The summed E-state index contributed by atoms with van der Waals surface area (Å²) in [7, 11) is 4.26. The van der Waals surface area contributed by atoms with E-state index in [2.05, 4.69) is 28.9 Å². The van der Waals surface area contributed by atoms with Crippen molar-refractivity contribution in [2.45, 2.75) is 19.8 Å². The first kappa shape index (κ1) is 14.0. The van der Waals surface area contributed by atoms with E-state index in [1.807, 2.05) is 12.1 Å². The maximum absolute atomic E-state index is 11.2. The first-order valence-corrected chi connectivity index (χ1v) is 6.93. The molecule has 1 aliphatic heterocycles.